The highest BCUT2D eigenvalue weighted by Crippen LogP contribution is 2.13. The van der Waals surface area contributed by atoms with Crippen molar-refractivity contribution in [1.29, 1.82) is 0 Å². The highest BCUT2D eigenvalue weighted by atomic mass is 16.6. The smallest absolute Gasteiger partial charge is 0.408 e. The molecule has 0 aliphatic rings. The van der Waals surface area contributed by atoms with Gasteiger partial charge in [-0.25, -0.2) is 4.79 Å². The molecular weight excluding hydrogens is 262 g/mol. The van der Waals surface area contributed by atoms with Crippen molar-refractivity contribution >= 4 is 12.2 Å². The maximum atomic E-state index is 11.9. The van der Waals surface area contributed by atoms with Gasteiger partial charge in [0.2, 0.25) is 0 Å². The van der Waals surface area contributed by atoms with Crippen molar-refractivity contribution in [1.82, 2.24) is 5.32 Å². The molecule has 0 aromatic heterocycles. The Labute approximate surface area is 128 Å². The van der Waals surface area contributed by atoms with Gasteiger partial charge in [0.05, 0.1) is 6.04 Å². The van der Waals surface area contributed by atoms with Gasteiger partial charge in [0.25, 0.3) is 0 Å². The van der Waals surface area contributed by atoms with Gasteiger partial charge in [-0.05, 0) is 32.3 Å². The molecule has 0 radical (unpaired) electrons. The van der Waals surface area contributed by atoms with Crippen molar-refractivity contribution in [3.05, 3.63) is 42.0 Å². The molecule has 21 heavy (non-hydrogen) atoms. The lowest BCUT2D eigenvalue weighted by atomic mass is 9.98. The summed E-state index contributed by atoms with van der Waals surface area (Å²) in [5.74, 6) is 0.345. The van der Waals surface area contributed by atoms with E-state index >= 15 is 0 Å². The second kappa shape index (κ2) is 7.87. The summed E-state index contributed by atoms with van der Waals surface area (Å²) in [6, 6.07) is 10.0. The molecule has 1 aromatic carbocycles. The summed E-state index contributed by atoms with van der Waals surface area (Å²) in [5.41, 5.74) is 0.643. The fourth-order valence-corrected chi connectivity index (χ4v) is 1.86. The lowest BCUT2D eigenvalue weighted by molar-refractivity contribution is 0.0502. The normalized spacial score (nSPS) is 14.7. The first-order chi connectivity index (χ1) is 9.81. The molecule has 1 amide bonds. The monoisotopic (exact) mass is 289 g/mol. The van der Waals surface area contributed by atoms with E-state index in [1.54, 1.807) is 0 Å². The van der Waals surface area contributed by atoms with Gasteiger partial charge in [-0.15, -0.1) is 0 Å². The summed E-state index contributed by atoms with van der Waals surface area (Å²) >= 11 is 0. The minimum atomic E-state index is -0.479. The molecule has 0 fully saturated rings. The van der Waals surface area contributed by atoms with Gasteiger partial charge in [0.15, 0.2) is 0 Å². The van der Waals surface area contributed by atoms with E-state index in [4.69, 9.17) is 4.74 Å². The number of ether oxygens (including phenoxy) is 1. The van der Waals surface area contributed by atoms with Gasteiger partial charge in [0.1, 0.15) is 5.60 Å². The molecule has 0 saturated carbocycles. The number of hydrogen-bond acceptors (Lipinski definition) is 2. The number of alkyl carbamates (subject to hydrolysis) is 1. The molecule has 0 unspecified atom stereocenters. The van der Waals surface area contributed by atoms with Crippen molar-refractivity contribution in [3.63, 3.8) is 0 Å². The van der Waals surface area contributed by atoms with Crippen LogP contribution < -0.4 is 5.32 Å². The Morgan fingerprint density at radius 2 is 1.90 bits per heavy atom. The van der Waals surface area contributed by atoms with Crippen LogP contribution in [0.15, 0.2) is 36.4 Å². The van der Waals surface area contributed by atoms with Crippen LogP contribution in [0, 0.1) is 5.92 Å². The maximum absolute atomic E-state index is 11.9. The molecule has 1 rings (SSSR count). The van der Waals surface area contributed by atoms with Crippen molar-refractivity contribution in [2.45, 2.75) is 52.7 Å². The van der Waals surface area contributed by atoms with Crippen molar-refractivity contribution in [2.24, 2.45) is 5.92 Å². The second-order valence-corrected chi connectivity index (χ2v) is 6.33. The van der Waals surface area contributed by atoms with Crippen LogP contribution in [0.25, 0.3) is 6.08 Å². The number of nitrogens with one attached hydrogen (secondary N) is 1. The maximum Gasteiger partial charge on any atom is 0.408 e. The highest BCUT2D eigenvalue weighted by Gasteiger charge is 2.20. The average Bonchev–Trinajstić information content (AvgIpc) is 2.41. The number of amides is 1. The van der Waals surface area contributed by atoms with Gasteiger partial charge < -0.3 is 10.1 Å². The Morgan fingerprint density at radius 3 is 2.43 bits per heavy atom. The van der Waals surface area contributed by atoms with E-state index in [2.05, 4.69) is 19.2 Å². The van der Waals surface area contributed by atoms with Crippen LogP contribution in [0.2, 0.25) is 0 Å². The number of rotatable bonds is 5. The number of hydrogen-bond donors (Lipinski definition) is 1. The van der Waals surface area contributed by atoms with Crippen LogP contribution in [0.1, 0.15) is 46.6 Å². The molecule has 116 valence electrons. The SMILES string of the molecule is CC[C@H](C)[C@@H](/C=C/c1ccccc1)NC(=O)OC(C)(C)C. The minimum Gasteiger partial charge on any atom is -0.444 e. The molecule has 0 bridgehead atoms. The summed E-state index contributed by atoms with van der Waals surface area (Å²) in [4.78, 5) is 11.9. The Kier molecular flexibility index (Phi) is 6.47. The first-order valence-corrected chi connectivity index (χ1v) is 7.54. The fraction of sp³-hybridized carbons (Fsp3) is 0.500. The van der Waals surface area contributed by atoms with Crippen LogP contribution in [0.4, 0.5) is 4.79 Å². The Hall–Kier alpha value is -1.77. The zero-order chi connectivity index (χ0) is 15.9. The molecule has 0 aliphatic carbocycles. The molecule has 0 heterocycles. The van der Waals surface area contributed by atoms with Gasteiger partial charge in [0, 0.05) is 0 Å². The van der Waals surface area contributed by atoms with E-state index in [0.29, 0.717) is 5.92 Å². The predicted molar refractivity (Wildman–Crippen MR) is 88.1 cm³/mol. The largest absolute Gasteiger partial charge is 0.444 e. The predicted octanol–water partition coefficient (Wildman–Crippen LogP) is 4.64. The van der Waals surface area contributed by atoms with Crippen LogP contribution in [0.3, 0.4) is 0 Å². The molecule has 3 nitrogen and oxygen atoms in total. The Bertz CT molecular complexity index is 460. The molecule has 2 atom stereocenters. The van der Waals surface area contributed by atoms with Crippen LogP contribution in [0.5, 0.6) is 0 Å². The minimum absolute atomic E-state index is 0.0370. The third kappa shape index (κ3) is 6.98. The molecule has 3 heteroatoms. The van der Waals surface area contributed by atoms with Crippen LogP contribution >= 0.6 is 0 Å². The van der Waals surface area contributed by atoms with Gasteiger partial charge >= 0.3 is 6.09 Å². The molecule has 0 spiro atoms. The quantitative estimate of drug-likeness (QED) is 0.857. The lowest BCUT2D eigenvalue weighted by Crippen LogP contribution is -2.41. The van der Waals surface area contributed by atoms with E-state index in [0.717, 1.165) is 12.0 Å². The first kappa shape index (κ1) is 17.3. The van der Waals surface area contributed by atoms with E-state index in [1.807, 2.05) is 63.3 Å². The molecule has 0 saturated heterocycles. The van der Waals surface area contributed by atoms with Crippen LogP contribution in [-0.2, 0) is 4.74 Å². The number of carbonyl (C=O) groups is 1. The Morgan fingerprint density at radius 1 is 1.29 bits per heavy atom. The third-order valence-electron chi connectivity index (χ3n) is 3.24. The van der Waals surface area contributed by atoms with Crippen molar-refractivity contribution in [2.75, 3.05) is 0 Å². The number of benzene rings is 1. The van der Waals surface area contributed by atoms with Gasteiger partial charge in [-0.1, -0.05) is 62.8 Å². The van der Waals surface area contributed by atoms with E-state index in [-0.39, 0.29) is 12.1 Å². The average molecular weight is 289 g/mol. The highest BCUT2D eigenvalue weighted by molar-refractivity contribution is 5.68. The topological polar surface area (TPSA) is 38.3 Å². The zero-order valence-corrected chi connectivity index (χ0v) is 13.7. The van der Waals surface area contributed by atoms with Gasteiger partial charge in [-0.2, -0.15) is 0 Å². The summed E-state index contributed by atoms with van der Waals surface area (Å²) in [7, 11) is 0. The molecule has 0 aliphatic heterocycles. The first-order valence-electron chi connectivity index (χ1n) is 7.54. The summed E-state index contributed by atoms with van der Waals surface area (Å²) in [6.07, 6.45) is 4.69. The summed E-state index contributed by atoms with van der Waals surface area (Å²) in [6.45, 7) is 9.84. The lowest BCUT2D eigenvalue weighted by Gasteiger charge is -2.25. The molecule has 1 N–H and O–H groups in total. The summed E-state index contributed by atoms with van der Waals surface area (Å²) < 4.78 is 5.33. The van der Waals surface area contributed by atoms with Crippen molar-refractivity contribution in [3.8, 4) is 0 Å². The number of carbonyl (C=O) groups excluding carboxylic acids is 1. The summed E-state index contributed by atoms with van der Waals surface area (Å²) in [5, 5.41) is 2.95. The van der Waals surface area contributed by atoms with Crippen LogP contribution in [-0.4, -0.2) is 17.7 Å². The van der Waals surface area contributed by atoms with Crippen molar-refractivity contribution < 1.29 is 9.53 Å². The van der Waals surface area contributed by atoms with E-state index in [1.165, 1.54) is 0 Å². The molecular formula is C18H27NO2. The fourth-order valence-electron chi connectivity index (χ4n) is 1.86. The third-order valence-corrected chi connectivity index (χ3v) is 3.24. The van der Waals surface area contributed by atoms with Gasteiger partial charge in [-0.3, -0.25) is 0 Å². The Balaban J connectivity index is 2.73. The van der Waals surface area contributed by atoms with E-state index < -0.39 is 5.60 Å². The van der Waals surface area contributed by atoms with E-state index in [9.17, 15) is 4.79 Å². The molecule has 1 aromatic rings. The zero-order valence-electron chi connectivity index (χ0n) is 13.7. The second-order valence-electron chi connectivity index (χ2n) is 6.33. The standard InChI is InChI=1S/C18H27NO2/c1-6-14(2)16(19-17(20)21-18(3,4)5)13-12-15-10-8-7-9-11-15/h7-14,16H,6H2,1-5H3,(H,19,20)/b13-12+/t14-,16+/m0/s1.